The number of benzene rings is 2. The van der Waals surface area contributed by atoms with Crippen LogP contribution < -0.4 is 4.74 Å². The van der Waals surface area contributed by atoms with Crippen molar-refractivity contribution in [3.63, 3.8) is 0 Å². The molecule has 7 heteroatoms. The molecule has 5 atom stereocenters. The molecular weight excluding hydrogens is 672 g/mol. The summed E-state index contributed by atoms with van der Waals surface area (Å²) in [5.74, 6) is 4.16. The lowest BCUT2D eigenvalue weighted by atomic mass is 9.61. The van der Waals surface area contributed by atoms with Gasteiger partial charge in [-0.3, -0.25) is 14.4 Å². The van der Waals surface area contributed by atoms with E-state index in [1.165, 1.54) is 90.0 Å². The maximum Gasteiger partial charge on any atom is 0.170 e. The molecule has 1 spiro atoms. The molecule has 5 aliphatic rings. The maximum atomic E-state index is 12.7. The number of phenols is 1. The van der Waals surface area contributed by atoms with Crippen molar-refractivity contribution in [2.45, 2.75) is 109 Å². The molecular formula is C36H44Br2O5. The van der Waals surface area contributed by atoms with Gasteiger partial charge < -0.3 is 9.84 Å². The summed E-state index contributed by atoms with van der Waals surface area (Å²) in [6, 6.07) is 10.6. The van der Waals surface area contributed by atoms with Crippen LogP contribution in [0.1, 0.15) is 124 Å². The molecule has 5 unspecified atom stereocenters. The Balaban J connectivity index is 0.000000142. The van der Waals surface area contributed by atoms with Crippen molar-refractivity contribution in [1.29, 1.82) is 0 Å². The van der Waals surface area contributed by atoms with E-state index in [2.05, 4.69) is 31.9 Å². The molecule has 4 aliphatic carbocycles. The monoisotopic (exact) mass is 714 g/mol. The minimum Gasteiger partial charge on any atom is -0.507 e. The van der Waals surface area contributed by atoms with E-state index < -0.39 is 0 Å². The third kappa shape index (κ3) is 7.64. The summed E-state index contributed by atoms with van der Waals surface area (Å²) >= 11 is 6.65. The number of aromatic hydroxyl groups is 1. The SMILES string of the molecule is CC(=O)c1cc(Br)ccc1O.O=C1CC2(CCCC3CCCCC32)Oc2ccc(Br)cc21.O=C1CCCC2CCCCC12. The molecule has 7 rings (SSSR count). The van der Waals surface area contributed by atoms with Crippen LogP contribution in [0, 0.1) is 23.7 Å². The van der Waals surface area contributed by atoms with Crippen LogP contribution >= 0.6 is 31.9 Å². The first-order valence-electron chi connectivity index (χ1n) is 16.2. The van der Waals surface area contributed by atoms with E-state index in [0.717, 1.165) is 44.9 Å². The Kier molecular flexibility index (Phi) is 10.9. The third-order valence-corrected chi connectivity index (χ3v) is 11.4. The second-order valence-electron chi connectivity index (χ2n) is 13.2. The smallest absolute Gasteiger partial charge is 0.170 e. The first kappa shape index (κ1) is 32.4. The van der Waals surface area contributed by atoms with Crippen LogP contribution in [0.5, 0.6) is 11.5 Å². The first-order valence-corrected chi connectivity index (χ1v) is 17.8. The summed E-state index contributed by atoms with van der Waals surface area (Å²) in [4.78, 5) is 35.0. The lowest BCUT2D eigenvalue weighted by Crippen LogP contribution is -2.53. The minimum atomic E-state index is -0.207. The molecule has 2 aromatic rings. The largest absolute Gasteiger partial charge is 0.507 e. The quantitative estimate of drug-likeness (QED) is 0.297. The second-order valence-corrected chi connectivity index (χ2v) is 15.0. The van der Waals surface area contributed by atoms with Gasteiger partial charge in [-0.2, -0.15) is 0 Å². The number of halogens is 2. The third-order valence-electron chi connectivity index (χ3n) is 10.4. The molecule has 0 aromatic heterocycles. The van der Waals surface area contributed by atoms with E-state index in [4.69, 9.17) is 9.84 Å². The van der Waals surface area contributed by atoms with E-state index in [-0.39, 0.29) is 22.9 Å². The van der Waals surface area contributed by atoms with Crippen LogP contribution in [0.25, 0.3) is 0 Å². The Bertz CT molecular complexity index is 1330. The number of hydrogen-bond acceptors (Lipinski definition) is 5. The molecule has 43 heavy (non-hydrogen) atoms. The van der Waals surface area contributed by atoms with Crippen molar-refractivity contribution in [1.82, 2.24) is 0 Å². The number of ketones is 3. The number of phenolic OH excluding ortho intramolecular Hbond substituents is 1. The van der Waals surface area contributed by atoms with Gasteiger partial charge in [0.25, 0.3) is 0 Å². The molecule has 0 radical (unpaired) electrons. The van der Waals surface area contributed by atoms with E-state index in [0.29, 0.717) is 29.6 Å². The molecule has 0 amide bonds. The number of carbonyl (C=O) groups is 3. The van der Waals surface area contributed by atoms with Gasteiger partial charge in [0.05, 0.1) is 17.5 Å². The zero-order valence-corrected chi connectivity index (χ0v) is 28.4. The summed E-state index contributed by atoms with van der Waals surface area (Å²) in [5, 5.41) is 9.16. The van der Waals surface area contributed by atoms with Gasteiger partial charge >= 0.3 is 0 Å². The highest BCUT2D eigenvalue weighted by Crippen LogP contribution is 2.52. The Labute approximate surface area is 272 Å². The molecule has 5 nitrogen and oxygen atoms in total. The molecule has 0 bridgehead atoms. The van der Waals surface area contributed by atoms with Gasteiger partial charge in [0, 0.05) is 27.2 Å². The zero-order chi connectivity index (χ0) is 30.6. The summed E-state index contributed by atoms with van der Waals surface area (Å²) in [5.41, 5.74) is 0.897. The number of ether oxygens (including phenoxy) is 1. The fourth-order valence-corrected chi connectivity index (χ4v) is 9.09. The Morgan fingerprint density at radius 3 is 2.23 bits per heavy atom. The highest BCUT2D eigenvalue weighted by molar-refractivity contribution is 9.10. The number of carbonyl (C=O) groups excluding carboxylic acids is 3. The summed E-state index contributed by atoms with van der Waals surface area (Å²) in [6.07, 6.45) is 18.0. The number of rotatable bonds is 1. The van der Waals surface area contributed by atoms with Crippen LogP contribution in [0.3, 0.4) is 0 Å². The van der Waals surface area contributed by atoms with Crippen LogP contribution in [0.4, 0.5) is 0 Å². The van der Waals surface area contributed by atoms with Crippen LogP contribution in [-0.4, -0.2) is 28.1 Å². The van der Waals surface area contributed by atoms with Gasteiger partial charge in [0.15, 0.2) is 11.6 Å². The van der Waals surface area contributed by atoms with E-state index in [9.17, 15) is 14.4 Å². The average Bonchev–Trinajstić information content (AvgIpc) is 3.00. The van der Waals surface area contributed by atoms with Gasteiger partial charge in [-0.1, -0.05) is 64.0 Å². The van der Waals surface area contributed by atoms with Crippen molar-refractivity contribution in [2.24, 2.45) is 23.7 Å². The molecule has 0 saturated heterocycles. The van der Waals surface area contributed by atoms with E-state index >= 15 is 0 Å². The maximum absolute atomic E-state index is 12.7. The average molecular weight is 717 g/mol. The predicted octanol–water partition coefficient (Wildman–Crippen LogP) is 10.0. The Hall–Kier alpha value is -1.99. The fraction of sp³-hybridized carbons (Fsp3) is 0.583. The minimum absolute atomic E-state index is 0.0284. The topological polar surface area (TPSA) is 80.7 Å². The predicted molar refractivity (Wildman–Crippen MR) is 176 cm³/mol. The van der Waals surface area contributed by atoms with Crippen molar-refractivity contribution in [3.05, 3.63) is 56.5 Å². The van der Waals surface area contributed by atoms with Gasteiger partial charge in [-0.05, 0) is 107 Å². The van der Waals surface area contributed by atoms with Crippen molar-refractivity contribution < 1.29 is 24.2 Å². The van der Waals surface area contributed by atoms with Crippen molar-refractivity contribution >= 4 is 49.2 Å². The molecule has 1 heterocycles. The lowest BCUT2D eigenvalue weighted by molar-refractivity contribution is -0.127. The summed E-state index contributed by atoms with van der Waals surface area (Å²) in [6.45, 7) is 1.42. The number of fused-ring (bicyclic) bond motifs is 4. The van der Waals surface area contributed by atoms with Crippen LogP contribution in [0.2, 0.25) is 0 Å². The van der Waals surface area contributed by atoms with Gasteiger partial charge in [0.1, 0.15) is 22.9 Å². The normalized spacial score (nSPS) is 29.4. The molecule has 4 saturated carbocycles. The molecule has 1 N–H and O–H groups in total. The molecule has 232 valence electrons. The second kappa shape index (κ2) is 14.4. The van der Waals surface area contributed by atoms with E-state index in [1.807, 2.05) is 18.2 Å². The Morgan fingerprint density at radius 2 is 1.49 bits per heavy atom. The zero-order valence-electron chi connectivity index (χ0n) is 25.2. The number of Topliss-reactive ketones (excluding diaryl/α,β-unsaturated/α-hetero) is 3. The van der Waals surface area contributed by atoms with Gasteiger partial charge in [-0.15, -0.1) is 0 Å². The molecule has 4 fully saturated rings. The van der Waals surface area contributed by atoms with Crippen molar-refractivity contribution in [2.75, 3.05) is 0 Å². The standard InChI is InChI=1S/C18H21BrO2.C10H16O.C8H7BrO2/c19-13-7-8-17-14(10-13)16(20)11-18(21-17)9-3-5-12-4-1-2-6-15(12)18;11-10-7-3-5-8-4-1-2-6-9(8)10;1-5(10)7-4-6(9)2-3-8(7)11/h7-8,10,12,15H,1-6,9,11H2;8-9H,1-7H2;2-4,11H,1H3. The van der Waals surface area contributed by atoms with Crippen LogP contribution in [-0.2, 0) is 4.79 Å². The van der Waals surface area contributed by atoms with Gasteiger partial charge in [0.2, 0.25) is 0 Å². The first-order chi connectivity index (χ1) is 20.7. The van der Waals surface area contributed by atoms with Gasteiger partial charge in [-0.25, -0.2) is 0 Å². The molecule has 1 aliphatic heterocycles. The number of hydrogen-bond donors (Lipinski definition) is 1. The Morgan fingerprint density at radius 1 is 0.837 bits per heavy atom. The molecule has 2 aromatic carbocycles. The lowest BCUT2D eigenvalue weighted by Gasteiger charge is -2.51. The summed E-state index contributed by atoms with van der Waals surface area (Å²) in [7, 11) is 0. The highest BCUT2D eigenvalue weighted by atomic mass is 79.9. The fourth-order valence-electron chi connectivity index (χ4n) is 8.36. The van der Waals surface area contributed by atoms with Crippen molar-refractivity contribution in [3.8, 4) is 11.5 Å². The van der Waals surface area contributed by atoms with E-state index in [1.54, 1.807) is 12.1 Å². The summed E-state index contributed by atoms with van der Waals surface area (Å²) < 4.78 is 8.26. The van der Waals surface area contributed by atoms with Crippen LogP contribution in [0.15, 0.2) is 45.3 Å². The highest BCUT2D eigenvalue weighted by Gasteiger charge is 2.51.